The Morgan fingerprint density at radius 2 is 2.05 bits per heavy atom. The van der Waals surface area contributed by atoms with Crippen LogP contribution in [0.15, 0.2) is 18.3 Å². The Morgan fingerprint density at radius 1 is 1.30 bits per heavy atom. The van der Waals surface area contributed by atoms with E-state index in [0.29, 0.717) is 18.5 Å². The van der Waals surface area contributed by atoms with E-state index in [1.54, 1.807) is 0 Å². The maximum absolute atomic E-state index is 13.2. The van der Waals surface area contributed by atoms with Crippen LogP contribution in [0, 0.1) is 0 Å². The number of nitrogens with one attached hydrogen (secondary N) is 1. The van der Waals surface area contributed by atoms with Gasteiger partial charge >= 0.3 is 6.18 Å². The molecule has 1 saturated carbocycles. The normalized spacial score (nSPS) is 22.8. The highest BCUT2D eigenvalue weighted by atomic mass is 19.4. The molecule has 2 rings (SSSR count). The van der Waals surface area contributed by atoms with E-state index in [4.69, 9.17) is 0 Å². The van der Waals surface area contributed by atoms with Crippen molar-refractivity contribution in [3.8, 4) is 0 Å². The largest absolute Gasteiger partial charge is 0.417 e. The molecule has 1 aliphatic carbocycles. The Bertz CT molecular complexity index is 441. The first-order valence-corrected chi connectivity index (χ1v) is 6.40. The van der Waals surface area contributed by atoms with Crippen LogP contribution in [0.5, 0.6) is 0 Å². The third-order valence-corrected chi connectivity index (χ3v) is 3.36. The first-order chi connectivity index (χ1) is 9.26. The third-order valence-electron chi connectivity index (χ3n) is 3.36. The second-order valence-electron chi connectivity index (χ2n) is 5.07. The zero-order valence-corrected chi connectivity index (χ0v) is 10.7. The van der Waals surface area contributed by atoms with E-state index in [0.717, 1.165) is 12.3 Å². The molecular weight excluding hydrogens is 279 g/mol. The van der Waals surface area contributed by atoms with Crippen molar-refractivity contribution in [2.75, 3.05) is 0 Å². The van der Waals surface area contributed by atoms with E-state index in [1.807, 2.05) is 0 Å². The number of hydrogen-bond donors (Lipinski definition) is 1. The highest BCUT2D eigenvalue weighted by molar-refractivity contribution is 5.16. The van der Waals surface area contributed by atoms with Gasteiger partial charge in [0.15, 0.2) is 0 Å². The summed E-state index contributed by atoms with van der Waals surface area (Å²) in [5.74, 6) is -2.65. The lowest BCUT2D eigenvalue weighted by molar-refractivity contribution is -0.137. The summed E-state index contributed by atoms with van der Waals surface area (Å²) in [5, 5.41) is 2.93. The van der Waals surface area contributed by atoms with Gasteiger partial charge in [-0.25, -0.2) is 8.78 Å². The molecule has 1 heterocycles. The molecule has 0 saturated heterocycles. The van der Waals surface area contributed by atoms with Crippen LogP contribution in [0.1, 0.15) is 36.9 Å². The molecule has 1 aromatic rings. The molecule has 0 aliphatic heterocycles. The summed E-state index contributed by atoms with van der Waals surface area (Å²) in [6.07, 6.45) is -2.88. The minimum Gasteiger partial charge on any atom is -0.308 e. The van der Waals surface area contributed by atoms with Gasteiger partial charge in [0, 0.05) is 31.6 Å². The molecule has 20 heavy (non-hydrogen) atoms. The van der Waals surface area contributed by atoms with Gasteiger partial charge in [0.25, 0.3) is 0 Å². The van der Waals surface area contributed by atoms with Crippen LogP contribution >= 0.6 is 0 Å². The molecule has 2 nitrogen and oxygen atoms in total. The Kier molecular flexibility index (Phi) is 4.27. The summed E-state index contributed by atoms with van der Waals surface area (Å²) in [4.78, 5) is 3.70. The number of rotatable bonds is 3. The molecule has 1 aromatic heterocycles. The SMILES string of the molecule is FC1(F)CCC[C@H](NCc2ccc(C(F)(F)F)cn2)C1. The summed E-state index contributed by atoms with van der Waals surface area (Å²) in [6, 6.07) is 1.89. The van der Waals surface area contributed by atoms with Gasteiger partial charge in [-0.1, -0.05) is 0 Å². The molecule has 0 unspecified atom stereocenters. The zero-order chi connectivity index (χ0) is 14.8. The van der Waals surface area contributed by atoms with E-state index in [9.17, 15) is 22.0 Å². The molecule has 112 valence electrons. The standard InChI is InChI=1S/C13H15F5N2/c14-12(15)5-1-2-10(6-12)20-8-11-4-3-9(7-19-11)13(16,17)18/h3-4,7,10,20H,1-2,5-6,8H2/t10-/m0/s1. The Balaban J connectivity index is 1.88. The first-order valence-electron chi connectivity index (χ1n) is 6.40. The molecule has 1 atom stereocenters. The molecule has 7 heteroatoms. The summed E-state index contributed by atoms with van der Waals surface area (Å²) < 4.78 is 63.4. The number of nitrogens with zero attached hydrogens (tertiary/aromatic N) is 1. The van der Waals surface area contributed by atoms with Gasteiger partial charge in [-0.2, -0.15) is 13.2 Å². The van der Waals surface area contributed by atoms with Gasteiger partial charge in [0.05, 0.1) is 11.3 Å². The Morgan fingerprint density at radius 3 is 2.60 bits per heavy atom. The number of aromatic nitrogens is 1. The zero-order valence-electron chi connectivity index (χ0n) is 10.7. The third kappa shape index (κ3) is 4.13. The first kappa shape index (κ1) is 15.2. The molecule has 0 amide bonds. The molecule has 1 aliphatic rings. The van der Waals surface area contributed by atoms with E-state index in [2.05, 4.69) is 10.3 Å². The van der Waals surface area contributed by atoms with Gasteiger partial charge in [0.2, 0.25) is 5.92 Å². The van der Waals surface area contributed by atoms with Crippen molar-refractivity contribution in [2.24, 2.45) is 0 Å². The minimum absolute atomic E-state index is 0.0935. The average molecular weight is 294 g/mol. The van der Waals surface area contributed by atoms with E-state index >= 15 is 0 Å². The minimum atomic E-state index is -4.41. The quantitative estimate of drug-likeness (QED) is 0.858. The number of pyridine rings is 1. The molecular formula is C13H15F5N2. The van der Waals surface area contributed by atoms with Crippen LogP contribution in [-0.4, -0.2) is 16.9 Å². The topological polar surface area (TPSA) is 24.9 Å². The molecule has 0 radical (unpaired) electrons. The van der Waals surface area contributed by atoms with Gasteiger partial charge in [0.1, 0.15) is 0 Å². The molecule has 1 N–H and O–H groups in total. The molecule has 0 bridgehead atoms. The smallest absolute Gasteiger partial charge is 0.308 e. The summed E-state index contributed by atoms with van der Waals surface area (Å²) in [5.41, 5.74) is -0.405. The molecule has 1 fully saturated rings. The number of halogens is 5. The Labute approximate surface area is 113 Å². The van der Waals surface area contributed by atoms with Gasteiger partial charge in [-0.15, -0.1) is 0 Å². The highest BCUT2D eigenvalue weighted by Gasteiger charge is 2.36. The summed E-state index contributed by atoms with van der Waals surface area (Å²) in [6.45, 7) is 0.193. The van der Waals surface area contributed by atoms with Crippen molar-refractivity contribution in [3.05, 3.63) is 29.6 Å². The lowest BCUT2D eigenvalue weighted by Crippen LogP contribution is -2.38. The summed E-state index contributed by atoms with van der Waals surface area (Å²) >= 11 is 0. The van der Waals surface area contributed by atoms with E-state index in [1.165, 1.54) is 6.07 Å². The predicted molar refractivity (Wildman–Crippen MR) is 63.3 cm³/mol. The molecule has 0 spiro atoms. The van der Waals surface area contributed by atoms with Crippen LogP contribution in [-0.2, 0) is 12.7 Å². The van der Waals surface area contributed by atoms with Gasteiger partial charge in [-0.3, -0.25) is 4.98 Å². The second-order valence-corrected chi connectivity index (χ2v) is 5.07. The van der Waals surface area contributed by atoms with Crippen LogP contribution in [0.3, 0.4) is 0 Å². The van der Waals surface area contributed by atoms with Crippen molar-refractivity contribution in [3.63, 3.8) is 0 Å². The van der Waals surface area contributed by atoms with Crippen molar-refractivity contribution in [1.29, 1.82) is 0 Å². The predicted octanol–water partition coefficient (Wildman–Crippen LogP) is 3.77. The van der Waals surface area contributed by atoms with Crippen molar-refractivity contribution in [2.45, 2.75) is 50.4 Å². The number of hydrogen-bond acceptors (Lipinski definition) is 2. The van der Waals surface area contributed by atoms with E-state index in [-0.39, 0.29) is 25.4 Å². The average Bonchev–Trinajstić information content (AvgIpc) is 2.35. The fraction of sp³-hybridized carbons (Fsp3) is 0.615. The lowest BCUT2D eigenvalue weighted by Gasteiger charge is -2.29. The van der Waals surface area contributed by atoms with E-state index < -0.39 is 17.7 Å². The summed E-state index contributed by atoms with van der Waals surface area (Å²) in [7, 11) is 0. The monoisotopic (exact) mass is 294 g/mol. The maximum Gasteiger partial charge on any atom is 0.417 e. The lowest BCUT2D eigenvalue weighted by atomic mass is 9.92. The van der Waals surface area contributed by atoms with Crippen molar-refractivity contribution in [1.82, 2.24) is 10.3 Å². The number of alkyl halides is 5. The highest BCUT2D eigenvalue weighted by Crippen LogP contribution is 2.33. The second kappa shape index (κ2) is 5.63. The molecule has 0 aromatic carbocycles. The maximum atomic E-state index is 13.2. The van der Waals surface area contributed by atoms with Crippen molar-refractivity contribution >= 4 is 0 Å². The van der Waals surface area contributed by atoms with Gasteiger partial charge < -0.3 is 5.32 Å². The fourth-order valence-corrected chi connectivity index (χ4v) is 2.29. The van der Waals surface area contributed by atoms with Crippen LogP contribution < -0.4 is 5.32 Å². The van der Waals surface area contributed by atoms with Gasteiger partial charge in [-0.05, 0) is 25.0 Å². The Hall–Kier alpha value is -1.24. The van der Waals surface area contributed by atoms with Crippen LogP contribution in [0.4, 0.5) is 22.0 Å². The van der Waals surface area contributed by atoms with Crippen LogP contribution in [0.2, 0.25) is 0 Å². The van der Waals surface area contributed by atoms with Crippen molar-refractivity contribution < 1.29 is 22.0 Å². The van der Waals surface area contributed by atoms with Crippen LogP contribution in [0.25, 0.3) is 0 Å². The fourth-order valence-electron chi connectivity index (χ4n) is 2.29.